The molecule has 2 nitrogen and oxygen atoms in total. The van der Waals surface area contributed by atoms with Gasteiger partial charge in [-0.15, -0.1) is 0 Å². The zero-order valence-corrected chi connectivity index (χ0v) is 11.3. The molecule has 1 fully saturated rings. The second kappa shape index (κ2) is 5.99. The van der Waals surface area contributed by atoms with Gasteiger partial charge in [-0.3, -0.25) is 0 Å². The Hall–Kier alpha value is -0.650. The quantitative estimate of drug-likeness (QED) is 0.915. The van der Waals surface area contributed by atoms with Crippen molar-refractivity contribution in [2.75, 3.05) is 25.2 Å². The predicted octanol–water partition coefficient (Wildman–Crippen LogP) is 2.67. The molecule has 0 spiro atoms. The molecule has 100 valence electrons. The third-order valence-corrected chi connectivity index (χ3v) is 4.17. The number of likely N-dealkylation sites (N-methyl/N-ethyl adjacent to an activating group) is 1. The molecule has 5 heteroatoms. The van der Waals surface area contributed by atoms with E-state index in [4.69, 9.17) is 4.74 Å². The topological polar surface area (TPSA) is 21.3 Å². The van der Waals surface area contributed by atoms with E-state index in [-0.39, 0.29) is 11.7 Å². The zero-order chi connectivity index (χ0) is 13.1. The maximum absolute atomic E-state index is 14.1. The molecule has 1 aromatic carbocycles. The van der Waals surface area contributed by atoms with Crippen LogP contribution in [0.3, 0.4) is 0 Å². The van der Waals surface area contributed by atoms with Crippen molar-refractivity contribution in [2.24, 2.45) is 0 Å². The van der Waals surface area contributed by atoms with Crippen molar-refractivity contribution in [1.29, 1.82) is 0 Å². The SMILES string of the molecule is CNC(c1c(F)ccc(C)c1F)C1CSCCO1. The zero-order valence-electron chi connectivity index (χ0n) is 10.5. The van der Waals surface area contributed by atoms with Crippen molar-refractivity contribution >= 4 is 11.8 Å². The van der Waals surface area contributed by atoms with Gasteiger partial charge < -0.3 is 10.1 Å². The van der Waals surface area contributed by atoms with Gasteiger partial charge in [0.2, 0.25) is 0 Å². The lowest BCUT2D eigenvalue weighted by atomic mass is 9.98. The summed E-state index contributed by atoms with van der Waals surface area (Å²) >= 11 is 1.75. The minimum Gasteiger partial charge on any atom is -0.375 e. The molecular formula is C13H17F2NOS. The highest BCUT2D eigenvalue weighted by molar-refractivity contribution is 7.99. The number of halogens is 2. The number of nitrogens with one attached hydrogen (secondary N) is 1. The third kappa shape index (κ3) is 2.68. The number of hydrogen-bond acceptors (Lipinski definition) is 3. The first kappa shape index (κ1) is 13.8. The highest BCUT2D eigenvalue weighted by Gasteiger charge is 2.30. The highest BCUT2D eigenvalue weighted by Crippen LogP contribution is 2.30. The molecule has 1 saturated heterocycles. The third-order valence-electron chi connectivity index (χ3n) is 3.16. The minimum atomic E-state index is -0.517. The first-order valence-electron chi connectivity index (χ1n) is 5.96. The van der Waals surface area contributed by atoms with E-state index in [1.54, 1.807) is 25.7 Å². The van der Waals surface area contributed by atoms with Gasteiger partial charge in [0.15, 0.2) is 0 Å². The van der Waals surface area contributed by atoms with E-state index < -0.39 is 17.7 Å². The van der Waals surface area contributed by atoms with E-state index in [0.717, 1.165) is 11.5 Å². The number of rotatable bonds is 3. The summed E-state index contributed by atoms with van der Waals surface area (Å²) < 4.78 is 33.6. The number of benzene rings is 1. The van der Waals surface area contributed by atoms with Crippen molar-refractivity contribution < 1.29 is 13.5 Å². The van der Waals surface area contributed by atoms with Crippen LogP contribution in [0.4, 0.5) is 8.78 Å². The van der Waals surface area contributed by atoms with Crippen LogP contribution in [0.1, 0.15) is 17.2 Å². The smallest absolute Gasteiger partial charge is 0.133 e. The van der Waals surface area contributed by atoms with Gasteiger partial charge in [-0.2, -0.15) is 11.8 Å². The molecule has 0 amide bonds. The Morgan fingerprint density at radius 2 is 2.22 bits per heavy atom. The fraction of sp³-hybridized carbons (Fsp3) is 0.538. The van der Waals surface area contributed by atoms with Crippen LogP contribution < -0.4 is 5.32 Å². The molecule has 0 saturated carbocycles. The number of aryl methyl sites for hydroxylation is 1. The minimum absolute atomic E-state index is 0.0880. The molecule has 1 heterocycles. The summed E-state index contributed by atoms with van der Waals surface area (Å²) in [5, 5.41) is 2.98. The first-order valence-corrected chi connectivity index (χ1v) is 7.11. The summed E-state index contributed by atoms with van der Waals surface area (Å²) in [7, 11) is 1.70. The molecule has 0 radical (unpaired) electrons. The van der Waals surface area contributed by atoms with Crippen LogP contribution in [0, 0.1) is 18.6 Å². The standard InChI is InChI=1S/C13H17F2NOS/c1-8-3-4-9(14)11(12(8)15)13(16-2)10-7-18-6-5-17-10/h3-4,10,13,16H,5-7H2,1-2H3. The van der Waals surface area contributed by atoms with E-state index in [1.807, 2.05) is 0 Å². The van der Waals surface area contributed by atoms with Gasteiger partial charge in [0.1, 0.15) is 11.6 Å². The Kier molecular flexibility index (Phi) is 4.59. The molecule has 1 aliphatic heterocycles. The van der Waals surface area contributed by atoms with Crippen LogP contribution in [0.15, 0.2) is 12.1 Å². The van der Waals surface area contributed by atoms with E-state index in [1.165, 1.54) is 12.1 Å². The number of thioether (sulfide) groups is 1. The summed E-state index contributed by atoms with van der Waals surface area (Å²) in [6, 6.07) is 2.32. The molecule has 1 N–H and O–H groups in total. The molecule has 18 heavy (non-hydrogen) atoms. The maximum atomic E-state index is 14.1. The average Bonchev–Trinajstić information content (AvgIpc) is 2.40. The summed E-state index contributed by atoms with van der Waals surface area (Å²) in [6.07, 6.45) is -0.195. The van der Waals surface area contributed by atoms with Crippen molar-refractivity contribution in [3.8, 4) is 0 Å². The monoisotopic (exact) mass is 273 g/mol. The summed E-state index contributed by atoms with van der Waals surface area (Å²) in [5.74, 6) is 0.689. The van der Waals surface area contributed by atoms with Crippen molar-refractivity contribution in [3.63, 3.8) is 0 Å². The molecule has 0 aromatic heterocycles. The largest absolute Gasteiger partial charge is 0.375 e. The van der Waals surface area contributed by atoms with Crippen molar-refractivity contribution in [3.05, 3.63) is 34.9 Å². The maximum Gasteiger partial charge on any atom is 0.133 e. The molecule has 0 aliphatic carbocycles. The number of hydrogen-bond donors (Lipinski definition) is 1. The predicted molar refractivity (Wildman–Crippen MR) is 70.0 cm³/mol. The van der Waals surface area contributed by atoms with Gasteiger partial charge in [-0.25, -0.2) is 8.78 Å². The van der Waals surface area contributed by atoms with Crippen molar-refractivity contribution in [1.82, 2.24) is 5.32 Å². The summed E-state index contributed by atoms with van der Waals surface area (Å²) in [5.41, 5.74) is 0.542. The molecule has 1 aromatic rings. The molecule has 2 atom stereocenters. The van der Waals surface area contributed by atoms with Crippen LogP contribution >= 0.6 is 11.8 Å². The van der Waals surface area contributed by atoms with Crippen LogP contribution in [0.25, 0.3) is 0 Å². The number of ether oxygens (including phenoxy) is 1. The Bertz CT molecular complexity index is 422. The second-order valence-electron chi connectivity index (χ2n) is 4.34. The van der Waals surface area contributed by atoms with Gasteiger partial charge >= 0.3 is 0 Å². The summed E-state index contributed by atoms with van der Waals surface area (Å²) in [4.78, 5) is 0. The summed E-state index contributed by atoms with van der Waals surface area (Å²) in [6.45, 7) is 2.27. The van der Waals surface area contributed by atoms with Crippen LogP contribution in [-0.4, -0.2) is 31.3 Å². The Balaban J connectivity index is 2.34. The molecule has 1 aliphatic rings. The van der Waals surface area contributed by atoms with Crippen LogP contribution in [0.2, 0.25) is 0 Å². The molecular weight excluding hydrogens is 256 g/mol. The van der Waals surface area contributed by atoms with E-state index in [0.29, 0.717) is 12.2 Å². The Labute approximate surface area is 110 Å². The molecule has 2 unspecified atom stereocenters. The second-order valence-corrected chi connectivity index (χ2v) is 5.49. The Morgan fingerprint density at radius 3 is 2.83 bits per heavy atom. The van der Waals surface area contributed by atoms with E-state index >= 15 is 0 Å². The molecule has 0 bridgehead atoms. The van der Waals surface area contributed by atoms with Crippen LogP contribution in [-0.2, 0) is 4.74 Å². The van der Waals surface area contributed by atoms with Gasteiger partial charge in [-0.05, 0) is 25.6 Å². The van der Waals surface area contributed by atoms with E-state index in [9.17, 15) is 8.78 Å². The lowest BCUT2D eigenvalue weighted by Gasteiger charge is -2.30. The van der Waals surface area contributed by atoms with Crippen LogP contribution in [0.5, 0.6) is 0 Å². The van der Waals surface area contributed by atoms with Gasteiger partial charge in [0, 0.05) is 17.1 Å². The van der Waals surface area contributed by atoms with E-state index in [2.05, 4.69) is 5.32 Å². The lowest BCUT2D eigenvalue weighted by molar-refractivity contribution is 0.0469. The Morgan fingerprint density at radius 1 is 1.44 bits per heavy atom. The lowest BCUT2D eigenvalue weighted by Crippen LogP contribution is -2.37. The normalized spacial score (nSPS) is 21.9. The van der Waals surface area contributed by atoms with Gasteiger partial charge in [-0.1, -0.05) is 6.07 Å². The van der Waals surface area contributed by atoms with Gasteiger partial charge in [0.25, 0.3) is 0 Å². The fourth-order valence-electron chi connectivity index (χ4n) is 2.18. The van der Waals surface area contributed by atoms with Crippen molar-refractivity contribution in [2.45, 2.75) is 19.1 Å². The average molecular weight is 273 g/mol. The molecule has 2 rings (SSSR count). The van der Waals surface area contributed by atoms with Gasteiger partial charge in [0.05, 0.1) is 18.8 Å². The first-order chi connectivity index (χ1) is 8.65. The fourth-order valence-corrected chi connectivity index (χ4v) is 3.08. The highest BCUT2D eigenvalue weighted by atomic mass is 32.2.